The zero-order valence-electron chi connectivity index (χ0n) is 18.2. The number of hydrogen-bond donors (Lipinski definition) is 2. The van der Waals surface area contributed by atoms with Gasteiger partial charge in [0, 0.05) is 19.3 Å². The molecule has 0 aromatic heterocycles. The maximum Gasteiger partial charge on any atom is 0.191 e. The summed E-state index contributed by atoms with van der Waals surface area (Å²) >= 11 is 0. The van der Waals surface area contributed by atoms with Gasteiger partial charge in [-0.1, -0.05) is 31.4 Å². The van der Waals surface area contributed by atoms with E-state index in [1.807, 2.05) is 26.0 Å². The van der Waals surface area contributed by atoms with Crippen LogP contribution in [0.4, 0.5) is 0 Å². The highest BCUT2D eigenvalue weighted by molar-refractivity contribution is 7.90. The van der Waals surface area contributed by atoms with Crippen molar-refractivity contribution in [2.24, 2.45) is 4.99 Å². The molecule has 28 heavy (non-hydrogen) atoms. The summed E-state index contributed by atoms with van der Waals surface area (Å²) in [5.41, 5.74) is 1.77. The summed E-state index contributed by atoms with van der Waals surface area (Å²) < 4.78 is 23.5. The van der Waals surface area contributed by atoms with Gasteiger partial charge in [-0.05, 0) is 64.5 Å². The fourth-order valence-corrected chi connectivity index (χ4v) is 3.99. The van der Waals surface area contributed by atoms with Crippen LogP contribution in [0.2, 0.25) is 0 Å². The summed E-state index contributed by atoms with van der Waals surface area (Å²) in [5.74, 6) is 0.806. The third kappa shape index (κ3) is 10.1. The number of sulfone groups is 1. The molecule has 1 aromatic carbocycles. The van der Waals surface area contributed by atoms with Crippen LogP contribution in [0.5, 0.6) is 0 Å². The number of aryl methyl sites for hydroxylation is 1. The molecule has 1 rings (SSSR count). The average Bonchev–Trinajstić information content (AvgIpc) is 2.60. The van der Waals surface area contributed by atoms with E-state index < -0.39 is 9.84 Å². The van der Waals surface area contributed by atoms with E-state index >= 15 is 0 Å². The molecule has 0 spiro atoms. The summed E-state index contributed by atoms with van der Waals surface area (Å²) in [6.07, 6.45) is 7.43. The predicted octanol–water partition coefficient (Wildman–Crippen LogP) is 2.97. The Bertz CT molecular complexity index is 715. The monoisotopic (exact) mass is 410 g/mol. The highest BCUT2D eigenvalue weighted by Crippen LogP contribution is 2.17. The van der Waals surface area contributed by atoms with Crippen molar-refractivity contribution in [2.45, 2.75) is 57.4 Å². The topological polar surface area (TPSA) is 73.8 Å². The molecule has 0 fully saturated rings. The molecule has 0 atom stereocenters. The summed E-state index contributed by atoms with van der Waals surface area (Å²) in [6, 6.07) is 5.41. The highest BCUT2D eigenvalue weighted by atomic mass is 32.2. The highest BCUT2D eigenvalue weighted by Gasteiger charge is 2.10. The zero-order valence-corrected chi connectivity index (χ0v) is 19.0. The van der Waals surface area contributed by atoms with E-state index in [1.165, 1.54) is 38.5 Å². The van der Waals surface area contributed by atoms with Gasteiger partial charge in [-0.3, -0.25) is 0 Å². The fourth-order valence-electron chi connectivity index (χ4n) is 3.03. The molecule has 0 saturated heterocycles. The van der Waals surface area contributed by atoms with Gasteiger partial charge in [-0.15, -0.1) is 0 Å². The molecule has 0 bridgehead atoms. The molecule has 2 N–H and O–H groups in total. The SMILES string of the molecule is CCNC(=NCc1ccc(S(C)(=O)=O)c(C)c1)NCCCCCCCN(C)C. The predicted molar refractivity (Wildman–Crippen MR) is 119 cm³/mol. The molecular formula is C21H38N4O2S. The van der Waals surface area contributed by atoms with Crippen LogP contribution in [0, 0.1) is 6.92 Å². The summed E-state index contributed by atoms with van der Waals surface area (Å²) in [7, 11) is 1.05. The Labute approximate surface area is 171 Å². The lowest BCUT2D eigenvalue weighted by atomic mass is 10.1. The van der Waals surface area contributed by atoms with E-state index in [-0.39, 0.29) is 0 Å². The van der Waals surface area contributed by atoms with Gasteiger partial charge < -0.3 is 15.5 Å². The van der Waals surface area contributed by atoms with Gasteiger partial charge in [0.25, 0.3) is 0 Å². The molecule has 0 aliphatic rings. The largest absolute Gasteiger partial charge is 0.357 e. The molecule has 6 nitrogen and oxygen atoms in total. The standard InChI is InChI=1S/C21H38N4O2S/c1-6-22-21(23-14-10-8-7-9-11-15-25(3)4)24-17-19-12-13-20(18(2)16-19)28(5,26)27/h12-13,16H,6-11,14-15,17H2,1-5H3,(H2,22,23,24). The molecular weight excluding hydrogens is 372 g/mol. The maximum atomic E-state index is 11.7. The van der Waals surface area contributed by atoms with E-state index in [4.69, 9.17) is 0 Å². The van der Waals surface area contributed by atoms with Crippen LogP contribution in [-0.4, -0.2) is 59.3 Å². The molecule has 0 aliphatic carbocycles. The Morgan fingerprint density at radius 3 is 2.36 bits per heavy atom. The average molecular weight is 411 g/mol. The van der Waals surface area contributed by atoms with E-state index in [2.05, 4.69) is 34.6 Å². The minimum atomic E-state index is -3.18. The second-order valence-electron chi connectivity index (χ2n) is 7.56. The lowest BCUT2D eigenvalue weighted by Gasteiger charge is -2.12. The third-order valence-electron chi connectivity index (χ3n) is 4.48. The van der Waals surface area contributed by atoms with Gasteiger partial charge in [-0.2, -0.15) is 0 Å². The van der Waals surface area contributed by atoms with Crippen LogP contribution in [0.3, 0.4) is 0 Å². The van der Waals surface area contributed by atoms with Crippen LogP contribution in [-0.2, 0) is 16.4 Å². The Morgan fingerprint density at radius 2 is 1.75 bits per heavy atom. The molecule has 160 valence electrons. The lowest BCUT2D eigenvalue weighted by molar-refractivity contribution is 0.389. The van der Waals surface area contributed by atoms with Gasteiger partial charge in [0.15, 0.2) is 15.8 Å². The summed E-state index contributed by atoms with van der Waals surface area (Å²) in [6.45, 7) is 7.28. The Kier molecular flexibility index (Phi) is 11.2. The third-order valence-corrected chi connectivity index (χ3v) is 5.73. The lowest BCUT2D eigenvalue weighted by Crippen LogP contribution is -2.37. The van der Waals surface area contributed by atoms with Gasteiger partial charge in [0.2, 0.25) is 0 Å². The Balaban J connectivity index is 2.44. The first-order chi connectivity index (χ1) is 13.2. The maximum absolute atomic E-state index is 11.7. The van der Waals surface area contributed by atoms with Gasteiger partial charge in [0.1, 0.15) is 0 Å². The van der Waals surface area contributed by atoms with Crippen LogP contribution >= 0.6 is 0 Å². The normalized spacial score (nSPS) is 12.4. The molecule has 0 aliphatic heterocycles. The van der Waals surface area contributed by atoms with Gasteiger partial charge >= 0.3 is 0 Å². The molecule has 7 heteroatoms. The van der Waals surface area contributed by atoms with Crippen molar-refractivity contribution in [2.75, 3.05) is 40.0 Å². The van der Waals surface area contributed by atoms with Crippen molar-refractivity contribution < 1.29 is 8.42 Å². The van der Waals surface area contributed by atoms with Gasteiger partial charge in [0.05, 0.1) is 11.4 Å². The Morgan fingerprint density at radius 1 is 1.07 bits per heavy atom. The number of hydrogen-bond acceptors (Lipinski definition) is 4. The first-order valence-electron chi connectivity index (χ1n) is 10.2. The molecule has 1 aromatic rings. The molecule has 0 heterocycles. The van der Waals surface area contributed by atoms with E-state index in [0.29, 0.717) is 11.4 Å². The molecule has 0 radical (unpaired) electrons. The second kappa shape index (κ2) is 12.8. The smallest absolute Gasteiger partial charge is 0.191 e. The minimum Gasteiger partial charge on any atom is -0.357 e. The number of aliphatic imine (C=N–C) groups is 1. The zero-order chi connectivity index (χ0) is 21.0. The van der Waals surface area contributed by atoms with E-state index in [0.717, 1.165) is 36.6 Å². The van der Waals surface area contributed by atoms with Crippen molar-refractivity contribution >= 4 is 15.8 Å². The number of nitrogens with one attached hydrogen (secondary N) is 2. The number of guanidine groups is 1. The first-order valence-corrected chi connectivity index (χ1v) is 12.1. The Hall–Kier alpha value is -1.60. The fraction of sp³-hybridized carbons (Fsp3) is 0.667. The quantitative estimate of drug-likeness (QED) is 0.315. The number of rotatable bonds is 12. The van der Waals surface area contributed by atoms with E-state index in [1.54, 1.807) is 6.07 Å². The van der Waals surface area contributed by atoms with Crippen molar-refractivity contribution in [3.63, 3.8) is 0 Å². The van der Waals surface area contributed by atoms with Crippen LogP contribution < -0.4 is 10.6 Å². The van der Waals surface area contributed by atoms with Crippen LogP contribution in [0.15, 0.2) is 28.1 Å². The van der Waals surface area contributed by atoms with Crippen molar-refractivity contribution in [1.29, 1.82) is 0 Å². The molecule has 0 saturated carbocycles. The van der Waals surface area contributed by atoms with Crippen molar-refractivity contribution in [3.8, 4) is 0 Å². The van der Waals surface area contributed by atoms with Crippen molar-refractivity contribution in [3.05, 3.63) is 29.3 Å². The molecule has 0 amide bonds. The number of unbranched alkanes of at least 4 members (excludes halogenated alkanes) is 4. The van der Waals surface area contributed by atoms with Crippen molar-refractivity contribution in [1.82, 2.24) is 15.5 Å². The number of nitrogens with zero attached hydrogens (tertiary/aromatic N) is 2. The van der Waals surface area contributed by atoms with Crippen LogP contribution in [0.25, 0.3) is 0 Å². The molecule has 0 unspecified atom stereocenters. The summed E-state index contributed by atoms with van der Waals surface area (Å²) in [4.78, 5) is 7.24. The minimum absolute atomic E-state index is 0.385. The second-order valence-corrected chi connectivity index (χ2v) is 9.55. The number of benzene rings is 1. The van der Waals surface area contributed by atoms with Crippen LogP contribution in [0.1, 0.15) is 50.2 Å². The first kappa shape index (κ1) is 24.4. The summed E-state index contributed by atoms with van der Waals surface area (Å²) in [5, 5.41) is 6.65. The van der Waals surface area contributed by atoms with Gasteiger partial charge in [-0.25, -0.2) is 13.4 Å². The van der Waals surface area contributed by atoms with E-state index in [9.17, 15) is 8.42 Å².